The Hall–Kier alpha value is -0.390. The van der Waals surface area contributed by atoms with Gasteiger partial charge in [-0.05, 0) is 47.0 Å². The maximum atomic E-state index is 11.6. The fourth-order valence-electron chi connectivity index (χ4n) is 1.31. The highest BCUT2D eigenvalue weighted by molar-refractivity contribution is 9.11. The molecule has 0 bridgehead atoms. The van der Waals surface area contributed by atoms with Crippen molar-refractivity contribution in [3.63, 3.8) is 0 Å². The Morgan fingerprint density at radius 1 is 1.38 bits per heavy atom. The molecule has 0 saturated heterocycles. The molecule has 0 aromatic heterocycles. The van der Waals surface area contributed by atoms with Crippen LogP contribution in [0.3, 0.4) is 0 Å². The van der Waals surface area contributed by atoms with Crippen molar-refractivity contribution in [2.45, 2.75) is 18.9 Å². The number of amides is 1. The van der Waals surface area contributed by atoms with Gasteiger partial charge in [-0.25, -0.2) is 0 Å². The summed E-state index contributed by atoms with van der Waals surface area (Å²) < 4.78 is 1.83. The monoisotopic (exact) mass is 346 g/mol. The Balaban J connectivity index is 1.91. The molecule has 1 aromatic carbocycles. The van der Waals surface area contributed by atoms with Crippen molar-refractivity contribution in [3.8, 4) is 0 Å². The second kappa shape index (κ2) is 5.29. The van der Waals surface area contributed by atoms with Crippen LogP contribution < -0.4 is 10.6 Å². The first-order valence-electron chi connectivity index (χ1n) is 5.13. The molecule has 1 aromatic rings. The van der Waals surface area contributed by atoms with Crippen LogP contribution in [-0.2, 0) is 4.79 Å². The molecular weight excluding hydrogens is 336 g/mol. The number of benzene rings is 1. The Bertz CT molecular complexity index is 405. The Kier molecular flexibility index (Phi) is 4.00. The summed E-state index contributed by atoms with van der Waals surface area (Å²) in [4.78, 5) is 11.6. The third-order valence-electron chi connectivity index (χ3n) is 2.33. The van der Waals surface area contributed by atoms with Gasteiger partial charge in [-0.2, -0.15) is 0 Å². The van der Waals surface area contributed by atoms with Crippen LogP contribution in [0.2, 0.25) is 0 Å². The molecular formula is C11H12Br2N2O. The topological polar surface area (TPSA) is 41.1 Å². The molecule has 1 amide bonds. The second-order valence-corrected chi connectivity index (χ2v) is 5.60. The average molecular weight is 348 g/mol. The summed E-state index contributed by atoms with van der Waals surface area (Å²) in [5, 5.41) is 6.03. The largest absolute Gasteiger partial charge is 0.324 e. The van der Waals surface area contributed by atoms with E-state index < -0.39 is 0 Å². The number of hydrogen-bond acceptors (Lipinski definition) is 2. The first kappa shape index (κ1) is 12.1. The van der Waals surface area contributed by atoms with Crippen LogP contribution in [0.5, 0.6) is 0 Å². The molecule has 1 aliphatic rings. The first-order valence-corrected chi connectivity index (χ1v) is 6.72. The van der Waals surface area contributed by atoms with E-state index in [1.807, 2.05) is 18.2 Å². The third kappa shape index (κ3) is 3.57. The van der Waals surface area contributed by atoms with Gasteiger partial charge >= 0.3 is 0 Å². The van der Waals surface area contributed by atoms with Crippen molar-refractivity contribution in [1.29, 1.82) is 0 Å². The van der Waals surface area contributed by atoms with Gasteiger partial charge in [0.05, 0.1) is 12.2 Å². The minimum atomic E-state index is -0.00861. The van der Waals surface area contributed by atoms with Crippen LogP contribution in [0.1, 0.15) is 12.8 Å². The predicted octanol–water partition coefficient (Wildman–Crippen LogP) is 2.90. The van der Waals surface area contributed by atoms with Gasteiger partial charge in [0, 0.05) is 15.0 Å². The number of carbonyl (C=O) groups excluding carboxylic acids is 1. The van der Waals surface area contributed by atoms with Crippen molar-refractivity contribution in [2.24, 2.45) is 0 Å². The molecule has 86 valence electrons. The molecule has 16 heavy (non-hydrogen) atoms. The normalized spacial score (nSPS) is 14.9. The van der Waals surface area contributed by atoms with Crippen LogP contribution in [0, 0.1) is 0 Å². The van der Waals surface area contributed by atoms with Gasteiger partial charge in [0.1, 0.15) is 0 Å². The zero-order chi connectivity index (χ0) is 11.5. The van der Waals surface area contributed by atoms with E-state index in [1.165, 1.54) is 12.8 Å². The van der Waals surface area contributed by atoms with Gasteiger partial charge in [0.2, 0.25) is 5.91 Å². The van der Waals surface area contributed by atoms with E-state index in [2.05, 4.69) is 42.5 Å². The van der Waals surface area contributed by atoms with Crippen LogP contribution in [0.15, 0.2) is 27.1 Å². The van der Waals surface area contributed by atoms with Crippen LogP contribution >= 0.6 is 31.9 Å². The van der Waals surface area contributed by atoms with Crippen molar-refractivity contribution >= 4 is 43.5 Å². The van der Waals surface area contributed by atoms with Crippen LogP contribution in [0.25, 0.3) is 0 Å². The summed E-state index contributed by atoms with van der Waals surface area (Å²) in [5.41, 5.74) is 0.789. The third-order valence-corrected chi connectivity index (χ3v) is 3.52. The summed E-state index contributed by atoms with van der Waals surface area (Å²) in [6.45, 7) is 0.379. The minimum absolute atomic E-state index is 0.00861. The smallest absolute Gasteiger partial charge is 0.238 e. The molecule has 1 aliphatic carbocycles. The van der Waals surface area contributed by atoms with Crippen molar-refractivity contribution in [2.75, 3.05) is 11.9 Å². The number of halogens is 2. The molecule has 0 unspecified atom stereocenters. The number of rotatable bonds is 4. The maximum Gasteiger partial charge on any atom is 0.238 e. The minimum Gasteiger partial charge on any atom is -0.324 e. The molecule has 5 heteroatoms. The molecule has 2 N–H and O–H groups in total. The molecule has 3 nitrogen and oxygen atoms in total. The molecule has 1 saturated carbocycles. The van der Waals surface area contributed by atoms with E-state index >= 15 is 0 Å². The maximum absolute atomic E-state index is 11.6. The van der Waals surface area contributed by atoms with Crippen LogP contribution in [-0.4, -0.2) is 18.5 Å². The summed E-state index contributed by atoms with van der Waals surface area (Å²) in [6, 6.07) is 6.24. The lowest BCUT2D eigenvalue weighted by Gasteiger charge is -2.08. The van der Waals surface area contributed by atoms with Crippen molar-refractivity contribution < 1.29 is 4.79 Å². The molecule has 0 atom stereocenters. The number of anilines is 1. The predicted molar refractivity (Wildman–Crippen MR) is 71.5 cm³/mol. The first-order chi connectivity index (χ1) is 7.65. The van der Waals surface area contributed by atoms with Gasteiger partial charge in [0.25, 0.3) is 0 Å². The SMILES string of the molecule is O=C(CNC1CC1)Nc1cc(Br)ccc1Br. The summed E-state index contributed by atoms with van der Waals surface area (Å²) in [5.74, 6) is -0.00861. The summed E-state index contributed by atoms with van der Waals surface area (Å²) in [7, 11) is 0. The lowest BCUT2D eigenvalue weighted by molar-refractivity contribution is -0.115. The highest BCUT2D eigenvalue weighted by Gasteiger charge is 2.21. The van der Waals surface area contributed by atoms with E-state index in [4.69, 9.17) is 0 Å². The molecule has 0 heterocycles. The quantitative estimate of drug-likeness (QED) is 0.879. The highest BCUT2D eigenvalue weighted by atomic mass is 79.9. The average Bonchev–Trinajstić information content (AvgIpc) is 3.04. The number of carbonyl (C=O) groups is 1. The van der Waals surface area contributed by atoms with Crippen molar-refractivity contribution in [3.05, 3.63) is 27.1 Å². The summed E-state index contributed by atoms with van der Waals surface area (Å²) in [6.07, 6.45) is 2.38. The highest BCUT2D eigenvalue weighted by Crippen LogP contribution is 2.26. The fraction of sp³-hybridized carbons (Fsp3) is 0.364. The van der Waals surface area contributed by atoms with Gasteiger partial charge < -0.3 is 10.6 Å². The van der Waals surface area contributed by atoms with Gasteiger partial charge in [0.15, 0.2) is 0 Å². The van der Waals surface area contributed by atoms with Gasteiger partial charge in [-0.15, -0.1) is 0 Å². The van der Waals surface area contributed by atoms with Crippen molar-refractivity contribution in [1.82, 2.24) is 5.32 Å². The van der Waals surface area contributed by atoms with E-state index in [9.17, 15) is 4.79 Å². The van der Waals surface area contributed by atoms with Gasteiger partial charge in [-0.1, -0.05) is 15.9 Å². The molecule has 0 radical (unpaired) electrons. The standard InChI is InChI=1S/C11H12Br2N2O/c12-7-1-4-9(13)10(5-7)15-11(16)6-14-8-2-3-8/h1,4-5,8,14H,2-3,6H2,(H,15,16). The van der Waals surface area contributed by atoms with Crippen LogP contribution in [0.4, 0.5) is 5.69 Å². The molecule has 2 rings (SSSR count). The Morgan fingerprint density at radius 3 is 2.81 bits per heavy atom. The number of hydrogen-bond donors (Lipinski definition) is 2. The second-order valence-electron chi connectivity index (χ2n) is 3.83. The molecule has 0 aliphatic heterocycles. The Morgan fingerprint density at radius 2 is 2.12 bits per heavy atom. The lowest BCUT2D eigenvalue weighted by atomic mass is 10.3. The van der Waals surface area contributed by atoms with Gasteiger partial charge in [-0.3, -0.25) is 4.79 Å². The molecule has 1 fully saturated rings. The zero-order valence-corrected chi connectivity index (χ0v) is 11.8. The lowest BCUT2D eigenvalue weighted by Crippen LogP contribution is -2.29. The summed E-state index contributed by atoms with van der Waals surface area (Å²) >= 11 is 6.77. The Labute approximate surface area is 111 Å². The van der Waals surface area contributed by atoms with E-state index in [1.54, 1.807) is 0 Å². The number of nitrogens with one attached hydrogen (secondary N) is 2. The zero-order valence-electron chi connectivity index (χ0n) is 8.59. The fourth-order valence-corrected chi connectivity index (χ4v) is 2.02. The van der Waals surface area contributed by atoms with E-state index in [-0.39, 0.29) is 5.91 Å². The van der Waals surface area contributed by atoms with E-state index in [0.29, 0.717) is 12.6 Å². The molecule has 0 spiro atoms. The van der Waals surface area contributed by atoms with E-state index in [0.717, 1.165) is 14.6 Å².